The quantitative estimate of drug-likeness (QED) is 0.495. The molecule has 3 aromatic heterocycles. The highest BCUT2D eigenvalue weighted by molar-refractivity contribution is 7.93. The van der Waals surface area contributed by atoms with Gasteiger partial charge in [-0.15, -0.1) is 11.3 Å². The number of alkyl halides is 3. The minimum atomic E-state index is -4.68. The second kappa shape index (κ2) is 8.27. The maximum atomic E-state index is 13.1. The van der Waals surface area contributed by atoms with Gasteiger partial charge in [-0.05, 0) is 24.5 Å². The predicted molar refractivity (Wildman–Crippen MR) is 119 cm³/mol. The van der Waals surface area contributed by atoms with E-state index in [1.54, 1.807) is 19.2 Å². The van der Waals surface area contributed by atoms with Gasteiger partial charge in [0.2, 0.25) is 10.0 Å². The lowest BCUT2D eigenvalue weighted by Gasteiger charge is -2.25. The number of nitrogens with zero attached hydrogens (tertiary/aromatic N) is 4. The van der Waals surface area contributed by atoms with Crippen LogP contribution in [0.1, 0.15) is 54.1 Å². The first-order valence-corrected chi connectivity index (χ1v) is 12.4. The highest BCUT2D eigenvalue weighted by Crippen LogP contribution is 2.38. The zero-order valence-corrected chi connectivity index (χ0v) is 19.6. The molecule has 0 spiro atoms. The molecular weight excluding hydrogens is 493 g/mol. The van der Waals surface area contributed by atoms with Crippen molar-refractivity contribution in [2.24, 2.45) is 5.73 Å². The van der Waals surface area contributed by atoms with Crippen LogP contribution in [-0.4, -0.2) is 39.5 Å². The van der Waals surface area contributed by atoms with Gasteiger partial charge in [-0.3, -0.25) is 19.5 Å². The minimum absolute atomic E-state index is 0.0912. The predicted octanol–water partition coefficient (Wildman–Crippen LogP) is 3.34. The van der Waals surface area contributed by atoms with Crippen molar-refractivity contribution in [1.29, 1.82) is 0 Å². The molecule has 3 N–H and O–H groups in total. The minimum Gasteiger partial charge on any atom is -0.364 e. The molecule has 4 rings (SSSR count). The number of sulfonamides is 1. The number of carbonyl (C=O) groups is 1. The Morgan fingerprint density at radius 1 is 1.15 bits per heavy atom. The van der Waals surface area contributed by atoms with Crippen molar-refractivity contribution in [1.82, 2.24) is 19.9 Å². The van der Waals surface area contributed by atoms with Gasteiger partial charge < -0.3 is 5.73 Å². The zero-order chi connectivity index (χ0) is 24.9. The normalized spacial score (nSPS) is 14.7. The molecule has 1 fully saturated rings. The van der Waals surface area contributed by atoms with E-state index in [1.807, 2.05) is 0 Å². The van der Waals surface area contributed by atoms with Crippen LogP contribution in [0.15, 0.2) is 30.0 Å². The smallest absolute Gasteiger partial charge is 0.364 e. The van der Waals surface area contributed by atoms with Crippen LogP contribution < -0.4 is 10.5 Å². The summed E-state index contributed by atoms with van der Waals surface area (Å²) >= 11 is 1.08. The fourth-order valence-corrected chi connectivity index (χ4v) is 5.72. The number of hydrogen-bond donors (Lipinski definition) is 2. The van der Waals surface area contributed by atoms with Crippen molar-refractivity contribution in [3.8, 4) is 11.3 Å². The molecular formula is C20H19F3N6O3S2. The van der Waals surface area contributed by atoms with Gasteiger partial charge in [0.25, 0.3) is 5.91 Å². The van der Waals surface area contributed by atoms with Gasteiger partial charge in [0.1, 0.15) is 5.69 Å². The van der Waals surface area contributed by atoms with Crippen LogP contribution in [-0.2, 0) is 21.6 Å². The molecule has 180 valence electrons. The van der Waals surface area contributed by atoms with Gasteiger partial charge >= 0.3 is 6.18 Å². The molecule has 1 aliphatic carbocycles. The van der Waals surface area contributed by atoms with Crippen molar-refractivity contribution in [2.75, 3.05) is 4.72 Å². The summed E-state index contributed by atoms with van der Waals surface area (Å²) < 4.78 is 66.2. The molecule has 0 atom stereocenters. The fourth-order valence-electron chi connectivity index (χ4n) is 3.25. The largest absolute Gasteiger partial charge is 0.434 e. The van der Waals surface area contributed by atoms with E-state index in [-0.39, 0.29) is 22.1 Å². The molecule has 0 bridgehead atoms. The number of anilines is 1. The summed E-state index contributed by atoms with van der Waals surface area (Å²) in [5.74, 6) is -0.838. The number of rotatable bonds is 7. The summed E-state index contributed by atoms with van der Waals surface area (Å²) in [6, 6.07) is 1.46. The molecule has 0 aromatic carbocycles. The summed E-state index contributed by atoms with van der Waals surface area (Å²) in [4.78, 5) is 27.8. The number of halogens is 3. The third-order valence-corrected chi connectivity index (χ3v) is 8.07. The lowest BCUT2D eigenvalue weighted by Crippen LogP contribution is -2.27. The maximum Gasteiger partial charge on any atom is 0.434 e. The van der Waals surface area contributed by atoms with E-state index in [0.29, 0.717) is 30.3 Å². The van der Waals surface area contributed by atoms with E-state index in [9.17, 15) is 26.4 Å². The van der Waals surface area contributed by atoms with Crippen molar-refractivity contribution in [3.63, 3.8) is 0 Å². The van der Waals surface area contributed by atoms with E-state index in [0.717, 1.165) is 17.5 Å². The lowest BCUT2D eigenvalue weighted by atomic mass is 9.80. The Balaban J connectivity index is 1.75. The molecule has 0 unspecified atom stereocenters. The number of amides is 1. The third kappa shape index (κ3) is 4.73. The molecule has 0 aliphatic heterocycles. The van der Waals surface area contributed by atoms with Crippen molar-refractivity contribution >= 4 is 32.4 Å². The Morgan fingerprint density at radius 2 is 1.85 bits per heavy atom. The van der Waals surface area contributed by atoms with E-state index in [4.69, 9.17) is 5.73 Å². The summed E-state index contributed by atoms with van der Waals surface area (Å²) in [6.45, 7) is 3.43. The number of nitrogens with one attached hydrogen (secondary N) is 1. The maximum absolute atomic E-state index is 13.1. The molecule has 1 amide bonds. The van der Waals surface area contributed by atoms with Crippen LogP contribution in [0.2, 0.25) is 0 Å². The molecule has 3 aromatic rings. The van der Waals surface area contributed by atoms with E-state index >= 15 is 0 Å². The molecule has 1 saturated carbocycles. The van der Waals surface area contributed by atoms with Crippen LogP contribution in [0.5, 0.6) is 0 Å². The first-order chi connectivity index (χ1) is 15.8. The van der Waals surface area contributed by atoms with Crippen molar-refractivity contribution < 1.29 is 26.4 Å². The van der Waals surface area contributed by atoms with E-state index in [1.165, 1.54) is 12.3 Å². The highest BCUT2D eigenvalue weighted by Gasteiger charge is 2.37. The number of thiazole rings is 1. The summed E-state index contributed by atoms with van der Waals surface area (Å²) in [6.07, 6.45) is -0.536. The SMILES string of the molecule is CC(C)(c1csc(NS(=O)(=O)C2CC2)n1)c1cc(-c2cncc(C(F)(F)F)n2)cnc1C(N)=O. The standard InChI is InChI=1S/C20H19F3N6O3S2/c1-19(2,15-9-33-18(28-15)29-34(31,32)11-3-4-11)12-5-10(6-26-16(12)17(24)30)13-7-25-8-14(27-13)20(21,22)23/h5-9,11H,3-4H2,1-2H3,(H2,24,30)(H,28,29). The lowest BCUT2D eigenvalue weighted by molar-refractivity contribution is -0.141. The summed E-state index contributed by atoms with van der Waals surface area (Å²) in [7, 11) is -3.51. The topological polar surface area (TPSA) is 141 Å². The Labute approximate surface area is 196 Å². The molecule has 34 heavy (non-hydrogen) atoms. The number of hydrogen-bond acceptors (Lipinski definition) is 8. The Hall–Kier alpha value is -3.13. The Kier molecular flexibility index (Phi) is 5.84. The number of carbonyl (C=O) groups excluding carboxylic acids is 1. The van der Waals surface area contributed by atoms with Gasteiger partial charge in [-0.25, -0.2) is 18.4 Å². The number of primary amides is 1. The van der Waals surface area contributed by atoms with Gasteiger partial charge in [0.15, 0.2) is 10.8 Å². The number of nitrogens with two attached hydrogens (primary N) is 1. The fraction of sp³-hybridized carbons (Fsp3) is 0.350. The highest BCUT2D eigenvalue weighted by atomic mass is 32.2. The molecule has 14 heteroatoms. The zero-order valence-electron chi connectivity index (χ0n) is 17.9. The van der Waals surface area contributed by atoms with Gasteiger partial charge in [0, 0.05) is 22.6 Å². The molecule has 9 nitrogen and oxygen atoms in total. The average Bonchev–Trinajstić information content (AvgIpc) is 3.53. The Morgan fingerprint density at radius 3 is 2.47 bits per heavy atom. The second-order valence-corrected chi connectivity index (χ2v) is 11.1. The van der Waals surface area contributed by atoms with Crippen LogP contribution >= 0.6 is 11.3 Å². The summed E-state index contributed by atoms with van der Waals surface area (Å²) in [5, 5.41) is 1.37. The summed E-state index contributed by atoms with van der Waals surface area (Å²) in [5.41, 5.74) is 4.03. The van der Waals surface area contributed by atoms with Gasteiger partial charge in [-0.1, -0.05) is 13.8 Å². The monoisotopic (exact) mass is 512 g/mol. The molecule has 3 heterocycles. The molecule has 0 saturated heterocycles. The van der Waals surface area contributed by atoms with Gasteiger partial charge in [-0.2, -0.15) is 13.2 Å². The van der Waals surface area contributed by atoms with Crippen LogP contribution in [0.4, 0.5) is 18.3 Å². The third-order valence-electron chi connectivity index (χ3n) is 5.35. The van der Waals surface area contributed by atoms with Crippen LogP contribution in [0.25, 0.3) is 11.3 Å². The van der Waals surface area contributed by atoms with Crippen molar-refractivity contribution in [2.45, 2.75) is 43.5 Å². The first kappa shape index (κ1) is 24.0. The van der Waals surface area contributed by atoms with Gasteiger partial charge in [0.05, 0.1) is 29.0 Å². The number of pyridine rings is 1. The molecule has 1 aliphatic rings. The molecule has 0 radical (unpaired) electrons. The second-order valence-electron chi connectivity index (χ2n) is 8.28. The number of aromatic nitrogens is 4. The van der Waals surface area contributed by atoms with Crippen molar-refractivity contribution in [3.05, 3.63) is 52.7 Å². The average molecular weight is 513 g/mol. The first-order valence-electron chi connectivity index (χ1n) is 9.96. The van der Waals surface area contributed by atoms with Crippen LogP contribution in [0, 0.1) is 0 Å². The Bertz CT molecular complexity index is 1370. The van der Waals surface area contributed by atoms with Crippen LogP contribution in [0.3, 0.4) is 0 Å². The van der Waals surface area contributed by atoms with E-state index < -0.39 is 38.5 Å². The van der Waals surface area contributed by atoms with E-state index in [2.05, 4.69) is 24.7 Å².